The van der Waals surface area contributed by atoms with E-state index < -0.39 is 12.1 Å². The van der Waals surface area contributed by atoms with E-state index >= 15 is 0 Å². The van der Waals surface area contributed by atoms with Gasteiger partial charge in [-0.15, -0.1) is 0 Å². The van der Waals surface area contributed by atoms with Crippen LogP contribution in [0, 0.1) is 0 Å². The second-order valence-electron chi connectivity index (χ2n) is 5.16. The summed E-state index contributed by atoms with van der Waals surface area (Å²) >= 11 is -1.38. The zero-order valence-electron chi connectivity index (χ0n) is 13.8. The van der Waals surface area contributed by atoms with E-state index in [2.05, 4.69) is 36.4 Å². The predicted molar refractivity (Wildman–Crippen MR) is 104 cm³/mol. The number of benzene rings is 3. The van der Waals surface area contributed by atoms with Gasteiger partial charge < -0.3 is 0 Å². The molecule has 25 heavy (non-hydrogen) atoms. The summed E-state index contributed by atoms with van der Waals surface area (Å²) in [5.41, 5.74) is 0.973. The van der Waals surface area contributed by atoms with Crippen LogP contribution in [0.1, 0.15) is 5.56 Å². The van der Waals surface area contributed by atoms with Gasteiger partial charge in [0, 0.05) is 0 Å². The van der Waals surface area contributed by atoms with Crippen molar-refractivity contribution < 1.29 is 9.84 Å². The second-order valence-corrected chi connectivity index (χ2v) is 14.9. The maximum atomic E-state index is 12.7. The molecule has 1 unspecified atom stereocenters. The molecule has 0 bridgehead atoms. The Morgan fingerprint density at radius 1 is 0.800 bits per heavy atom. The van der Waals surface area contributed by atoms with Crippen molar-refractivity contribution in [3.63, 3.8) is 0 Å². The summed E-state index contributed by atoms with van der Waals surface area (Å²) in [4.78, 5) is 0. The topological polar surface area (TPSA) is 32.3 Å². The average molecular weight is 460 g/mol. The van der Waals surface area contributed by atoms with Crippen LogP contribution in [0.25, 0.3) is 4.47 Å². The van der Waals surface area contributed by atoms with Gasteiger partial charge in [-0.05, 0) is 0 Å². The minimum atomic E-state index is -1.56. The fourth-order valence-corrected chi connectivity index (χ4v) is 14.5. The molecule has 126 valence electrons. The molecule has 0 N–H and O–H groups in total. The number of hydrogen-bond donors (Lipinski definition) is 0. The molecule has 0 radical (unpaired) electrons. The van der Waals surface area contributed by atoms with Gasteiger partial charge in [0.1, 0.15) is 0 Å². The van der Waals surface area contributed by atoms with Gasteiger partial charge in [0.05, 0.1) is 0 Å². The van der Waals surface area contributed by atoms with Crippen LogP contribution in [-0.2, 0) is 4.74 Å². The predicted octanol–water partition coefficient (Wildman–Crippen LogP) is 1.83. The third-order valence-electron chi connectivity index (χ3n) is 3.47. The molecule has 0 aliphatic carbocycles. The molecule has 0 aromatic heterocycles. The standard InChI is InChI=1S/C21H18O2Se2/c1-23-21(22)20(17-11-5-2-6-12-17)25(19-15-9-4-10-16-19)24-18-13-7-3-8-14-18/h2-16H,1H3. The molecule has 0 aliphatic rings. The molecule has 3 aromatic carbocycles. The Labute approximate surface area is 157 Å². The monoisotopic (exact) mass is 462 g/mol. The first kappa shape index (κ1) is 17.8. The Morgan fingerprint density at radius 3 is 1.88 bits per heavy atom. The van der Waals surface area contributed by atoms with Crippen molar-refractivity contribution >= 4 is 38.6 Å². The van der Waals surface area contributed by atoms with Crippen LogP contribution < -0.4 is 14.0 Å². The van der Waals surface area contributed by atoms with Crippen LogP contribution in [-0.4, -0.2) is 32.3 Å². The van der Waals surface area contributed by atoms with Crippen molar-refractivity contribution in [3.05, 3.63) is 103 Å². The molecule has 0 heterocycles. The average Bonchev–Trinajstić information content (AvgIpc) is 2.69. The van der Waals surface area contributed by atoms with E-state index in [1.54, 1.807) is 0 Å². The third kappa shape index (κ3) is 4.56. The van der Waals surface area contributed by atoms with Gasteiger partial charge in [0.15, 0.2) is 0 Å². The Morgan fingerprint density at radius 2 is 1.32 bits per heavy atom. The number of hydrogen-bond acceptors (Lipinski definition) is 2. The van der Waals surface area contributed by atoms with E-state index in [4.69, 9.17) is 4.74 Å². The fourth-order valence-electron chi connectivity index (χ4n) is 2.31. The van der Waals surface area contributed by atoms with E-state index in [0.717, 1.165) is 10.0 Å². The summed E-state index contributed by atoms with van der Waals surface area (Å²) in [6.07, 6.45) is 0. The molecule has 0 spiro atoms. The van der Waals surface area contributed by atoms with Crippen molar-refractivity contribution in [3.8, 4) is 0 Å². The molecule has 3 aromatic rings. The van der Waals surface area contributed by atoms with Gasteiger partial charge >= 0.3 is 158 Å². The third-order valence-corrected chi connectivity index (χ3v) is 15.7. The quantitative estimate of drug-likeness (QED) is 0.416. The molecule has 2 nitrogen and oxygen atoms in total. The molecule has 0 saturated heterocycles. The first-order valence-electron chi connectivity index (χ1n) is 7.83. The Hall–Kier alpha value is -1.96. The van der Waals surface area contributed by atoms with Crippen LogP contribution in [0.5, 0.6) is 0 Å². The normalized spacial score (nSPS) is 13.0. The number of methoxy groups -OCH3 is 1. The SMILES string of the molecule is COC([O-])=C(c1ccccc1)[Se+]([Se]c1ccccc1)c1ccccc1. The van der Waals surface area contributed by atoms with Crippen molar-refractivity contribution in [2.24, 2.45) is 0 Å². The first-order valence-corrected chi connectivity index (χ1v) is 14.7. The van der Waals surface area contributed by atoms with Gasteiger partial charge in [0.2, 0.25) is 0 Å². The number of ether oxygens (including phenoxy) is 1. The zero-order valence-corrected chi connectivity index (χ0v) is 17.2. The van der Waals surface area contributed by atoms with Crippen molar-refractivity contribution in [1.82, 2.24) is 0 Å². The summed E-state index contributed by atoms with van der Waals surface area (Å²) in [5.74, 6) is -0.210. The summed E-state index contributed by atoms with van der Waals surface area (Å²) in [6, 6.07) is 30.8. The molecular weight excluding hydrogens is 442 g/mol. The summed E-state index contributed by atoms with van der Waals surface area (Å²) in [6.45, 7) is 0. The number of rotatable bonds is 6. The van der Waals surface area contributed by atoms with E-state index in [1.165, 1.54) is 16.0 Å². The molecular formula is C21H18O2Se2. The molecule has 0 aliphatic heterocycles. The van der Waals surface area contributed by atoms with Gasteiger partial charge in [0.25, 0.3) is 0 Å². The van der Waals surface area contributed by atoms with Crippen LogP contribution in [0.3, 0.4) is 0 Å². The van der Waals surface area contributed by atoms with Crippen molar-refractivity contribution in [2.75, 3.05) is 7.11 Å². The Bertz CT molecular complexity index is 818. The van der Waals surface area contributed by atoms with E-state index in [0.29, 0.717) is 0 Å². The molecule has 0 saturated carbocycles. The van der Waals surface area contributed by atoms with E-state index in [9.17, 15) is 5.11 Å². The van der Waals surface area contributed by atoms with Gasteiger partial charge in [-0.2, -0.15) is 0 Å². The molecule has 1 atom stereocenters. The van der Waals surface area contributed by atoms with E-state index in [-0.39, 0.29) is 19.1 Å². The Kier molecular flexibility index (Phi) is 6.38. The molecule has 4 heteroatoms. The van der Waals surface area contributed by atoms with Gasteiger partial charge in [-0.25, -0.2) is 0 Å². The molecule has 0 fully saturated rings. The minimum absolute atomic E-state index is 0.183. The van der Waals surface area contributed by atoms with E-state index in [1.807, 2.05) is 54.6 Å². The van der Waals surface area contributed by atoms with Crippen LogP contribution in [0.2, 0.25) is 0 Å². The zero-order chi connectivity index (χ0) is 17.5. The Balaban J connectivity index is 2.11. The fraction of sp³-hybridized carbons (Fsp3) is 0.0476. The first-order chi connectivity index (χ1) is 12.3. The van der Waals surface area contributed by atoms with Crippen molar-refractivity contribution in [2.45, 2.75) is 0 Å². The second kappa shape index (κ2) is 8.94. The molecule has 0 amide bonds. The maximum absolute atomic E-state index is 12.7. The summed E-state index contributed by atoms with van der Waals surface area (Å²) in [7, 11) is 1.47. The van der Waals surface area contributed by atoms with Crippen LogP contribution >= 0.6 is 0 Å². The van der Waals surface area contributed by atoms with Gasteiger partial charge in [-0.3, -0.25) is 0 Å². The van der Waals surface area contributed by atoms with Crippen LogP contribution in [0.15, 0.2) is 96.9 Å². The van der Waals surface area contributed by atoms with Crippen molar-refractivity contribution in [1.29, 1.82) is 0 Å². The van der Waals surface area contributed by atoms with Gasteiger partial charge in [-0.1, -0.05) is 0 Å². The molecule has 3 rings (SSSR count). The van der Waals surface area contributed by atoms with Crippen LogP contribution in [0.4, 0.5) is 0 Å². The summed E-state index contributed by atoms with van der Waals surface area (Å²) < 4.78 is 8.58. The summed E-state index contributed by atoms with van der Waals surface area (Å²) in [5, 5.41) is 12.7.